The Kier molecular flexibility index (Phi) is 3.97. The molecule has 94 valence electrons. The van der Waals surface area contributed by atoms with Gasteiger partial charge in [-0.05, 0) is 42.3 Å². The van der Waals surface area contributed by atoms with Crippen LogP contribution in [0.25, 0.3) is 0 Å². The molecule has 0 spiro atoms. The van der Waals surface area contributed by atoms with Gasteiger partial charge in [0.05, 0.1) is 12.7 Å². The van der Waals surface area contributed by atoms with E-state index in [0.717, 1.165) is 22.6 Å². The van der Waals surface area contributed by atoms with Crippen LogP contribution in [0.3, 0.4) is 0 Å². The van der Waals surface area contributed by atoms with Crippen LogP contribution in [0.5, 0.6) is 11.5 Å². The van der Waals surface area contributed by atoms with Crippen molar-refractivity contribution in [3.05, 3.63) is 59.7 Å². The van der Waals surface area contributed by atoms with Gasteiger partial charge in [0.1, 0.15) is 11.5 Å². The molecule has 1 atom stereocenters. The summed E-state index contributed by atoms with van der Waals surface area (Å²) >= 11 is 0. The first-order valence-electron chi connectivity index (χ1n) is 5.84. The van der Waals surface area contributed by atoms with Gasteiger partial charge in [-0.3, -0.25) is 0 Å². The van der Waals surface area contributed by atoms with Crippen LogP contribution in [0.4, 0.5) is 0 Å². The van der Waals surface area contributed by atoms with E-state index in [0.29, 0.717) is 0 Å². The van der Waals surface area contributed by atoms with Gasteiger partial charge in [-0.1, -0.05) is 24.3 Å². The molecule has 2 rings (SSSR count). The van der Waals surface area contributed by atoms with Crippen LogP contribution < -0.4 is 4.74 Å². The van der Waals surface area contributed by atoms with Gasteiger partial charge in [0.15, 0.2) is 0 Å². The van der Waals surface area contributed by atoms with Crippen LogP contribution in [-0.4, -0.2) is 10.2 Å². The molecule has 0 aliphatic heterocycles. The maximum Gasteiger partial charge on any atom is 0.127 e. The molecule has 0 fully saturated rings. The molecule has 2 aromatic rings. The van der Waals surface area contributed by atoms with E-state index in [9.17, 15) is 5.11 Å². The number of ether oxygens (including phenoxy) is 1. The second kappa shape index (κ2) is 5.67. The number of aliphatic hydroxyl groups is 2. The second-order valence-corrected chi connectivity index (χ2v) is 4.15. The van der Waals surface area contributed by atoms with Crippen molar-refractivity contribution in [3.8, 4) is 11.5 Å². The highest BCUT2D eigenvalue weighted by Gasteiger charge is 2.01. The zero-order chi connectivity index (χ0) is 13.0. The van der Waals surface area contributed by atoms with E-state index in [1.54, 1.807) is 6.92 Å². The first kappa shape index (κ1) is 12.6. The summed E-state index contributed by atoms with van der Waals surface area (Å²) in [5.41, 5.74) is 1.71. The Hall–Kier alpha value is -1.84. The highest BCUT2D eigenvalue weighted by atomic mass is 16.5. The number of hydrogen-bond donors (Lipinski definition) is 2. The summed E-state index contributed by atoms with van der Waals surface area (Å²) in [6, 6.07) is 14.6. The minimum Gasteiger partial charge on any atom is -0.457 e. The van der Waals surface area contributed by atoms with Crippen LogP contribution in [-0.2, 0) is 6.61 Å². The molecule has 2 aromatic carbocycles. The lowest BCUT2D eigenvalue weighted by atomic mass is 10.1. The summed E-state index contributed by atoms with van der Waals surface area (Å²) < 4.78 is 5.65. The van der Waals surface area contributed by atoms with Crippen molar-refractivity contribution in [2.75, 3.05) is 0 Å². The molecule has 0 saturated heterocycles. The van der Waals surface area contributed by atoms with Crippen molar-refractivity contribution in [1.29, 1.82) is 0 Å². The highest BCUT2D eigenvalue weighted by Crippen LogP contribution is 2.23. The molecule has 0 amide bonds. The molecule has 0 heterocycles. The van der Waals surface area contributed by atoms with Crippen LogP contribution >= 0.6 is 0 Å². The largest absolute Gasteiger partial charge is 0.457 e. The Balaban J connectivity index is 2.08. The van der Waals surface area contributed by atoms with E-state index in [-0.39, 0.29) is 6.61 Å². The highest BCUT2D eigenvalue weighted by molar-refractivity contribution is 5.34. The summed E-state index contributed by atoms with van der Waals surface area (Å²) in [7, 11) is 0. The average molecular weight is 244 g/mol. The lowest BCUT2D eigenvalue weighted by molar-refractivity contribution is 0.199. The maximum absolute atomic E-state index is 9.40. The number of aliphatic hydroxyl groups excluding tert-OH is 2. The van der Waals surface area contributed by atoms with E-state index in [1.165, 1.54) is 0 Å². The summed E-state index contributed by atoms with van der Waals surface area (Å²) in [6.45, 7) is 1.76. The normalized spacial score (nSPS) is 12.2. The van der Waals surface area contributed by atoms with Gasteiger partial charge in [-0.2, -0.15) is 0 Å². The van der Waals surface area contributed by atoms with Crippen molar-refractivity contribution < 1.29 is 14.9 Å². The van der Waals surface area contributed by atoms with Crippen molar-refractivity contribution in [1.82, 2.24) is 0 Å². The minimum absolute atomic E-state index is 0.0311. The molecule has 0 aliphatic rings. The third kappa shape index (κ3) is 3.09. The lowest BCUT2D eigenvalue weighted by Crippen LogP contribution is -1.91. The Labute approximate surface area is 106 Å². The molecule has 0 bridgehead atoms. The number of rotatable bonds is 4. The molecular formula is C15H16O3. The molecule has 0 radical (unpaired) electrons. The van der Waals surface area contributed by atoms with Crippen molar-refractivity contribution >= 4 is 0 Å². The predicted molar refractivity (Wildman–Crippen MR) is 69.5 cm³/mol. The summed E-state index contributed by atoms with van der Waals surface area (Å²) in [5, 5.41) is 18.3. The van der Waals surface area contributed by atoms with Gasteiger partial charge >= 0.3 is 0 Å². The Morgan fingerprint density at radius 2 is 1.44 bits per heavy atom. The quantitative estimate of drug-likeness (QED) is 0.869. The van der Waals surface area contributed by atoms with Crippen molar-refractivity contribution in [3.63, 3.8) is 0 Å². The lowest BCUT2D eigenvalue weighted by Gasteiger charge is -2.08. The van der Waals surface area contributed by atoms with Gasteiger partial charge in [0.25, 0.3) is 0 Å². The molecule has 0 unspecified atom stereocenters. The average Bonchev–Trinajstić information content (AvgIpc) is 2.40. The number of benzene rings is 2. The monoisotopic (exact) mass is 244 g/mol. The van der Waals surface area contributed by atoms with Crippen LogP contribution in [0.15, 0.2) is 48.5 Å². The van der Waals surface area contributed by atoms with Gasteiger partial charge in [-0.25, -0.2) is 0 Å². The molecule has 0 aromatic heterocycles. The summed E-state index contributed by atoms with van der Waals surface area (Å²) in [6.07, 6.45) is -0.470. The summed E-state index contributed by atoms with van der Waals surface area (Å²) in [4.78, 5) is 0. The van der Waals surface area contributed by atoms with E-state index in [2.05, 4.69) is 0 Å². The fourth-order valence-corrected chi connectivity index (χ4v) is 1.61. The SMILES string of the molecule is C[C@H](O)c1ccc(Oc2ccc(CO)cc2)cc1. The third-order valence-corrected chi connectivity index (χ3v) is 2.70. The fraction of sp³-hybridized carbons (Fsp3) is 0.200. The van der Waals surface area contributed by atoms with Crippen LogP contribution in [0.1, 0.15) is 24.2 Å². The molecule has 18 heavy (non-hydrogen) atoms. The first-order chi connectivity index (χ1) is 8.69. The summed E-state index contributed by atoms with van der Waals surface area (Å²) in [5.74, 6) is 1.44. The molecular weight excluding hydrogens is 228 g/mol. The van der Waals surface area contributed by atoms with Crippen molar-refractivity contribution in [2.45, 2.75) is 19.6 Å². The second-order valence-electron chi connectivity index (χ2n) is 4.15. The van der Waals surface area contributed by atoms with Gasteiger partial charge < -0.3 is 14.9 Å². The minimum atomic E-state index is -0.470. The van der Waals surface area contributed by atoms with Gasteiger partial charge in [0.2, 0.25) is 0 Å². The van der Waals surface area contributed by atoms with E-state index in [4.69, 9.17) is 9.84 Å². The predicted octanol–water partition coefficient (Wildman–Crippen LogP) is 3.02. The smallest absolute Gasteiger partial charge is 0.127 e. The first-order valence-corrected chi connectivity index (χ1v) is 5.84. The third-order valence-electron chi connectivity index (χ3n) is 2.70. The molecule has 2 N–H and O–H groups in total. The van der Waals surface area contributed by atoms with E-state index < -0.39 is 6.10 Å². The molecule has 0 saturated carbocycles. The molecule has 3 nitrogen and oxygen atoms in total. The van der Waals surface area contributed by atoms with Gasteiger partial charge in [0, 0.05) is 0 Å². The zero-order valence-electron chi connectivity index (χ0n) is 10.2. The molecule has 3 heteroatoms. The topological polar surface area (TPSA) is 49.7 Å². The Morgan fingerprint density at radius 3 is 1.89 bits per heavy atom. The maximum atomic E-state index is 9.40. The Morgan fingerprint density at radius 1 is 0.944 bits per heavy atom. The van der Waals surface area contributed by atoms with E-state index in [1.807, 2.05) is 48.5 Å². The number of hydrogen-bond acceptors (Lipinski definition) is 3. The van der Waals surface area contributed by atoms with Gasteiger partial charge in [-0.15, -0.1) is 0 Å². The Bertz CT molecular complexity index is 486. The standard InChI is InChI=1S/C15H16O3/c1-11(17)13-4-8-15(9-5-13)18-14-6-2-12(10-16)3-7-14/h2-9,11,16-17H,10H2,1H3/t11-/m0/s1. The van der Waals surface area contributed by atoms with E-state index >= 15 is 0 Å². The van der Waals surface area contributed by atoms with Crippen molar-refractivity contribution in [2.24, 2.45) is 0 Å². The van der Waals surface area contributed by atoms with Crippen LogP contribution in [0, 0.1) is 0 Å². The zero-order valence-corrected chi connectivity index (χ0v) is 10.2. The molecule has 0 aliphatic carbocycles. The van der Waals surface area contributed by atoms with Crippen LogP contribution in [0.2, 0.25) is 0 Å². The fourth-order valence-electron chi connectivity index (χ4n) is 1.61.